The molecule has 28 heavy (non-hydrogen) atoms. The Morgan fingerprint density at radius 2 is 2.04 bits per heavy atom. The first-order valence-corrected chi connectivity index (χ1v) is 9.88. The smallest absolute Gasteiger partial charge is 0.220 e. The molecular weight excluding hydrogens is 356 g/mol. The maximum absolute atomic E-state index is 12.3. The zero-order valence-corrected chi connectivity index (χ0v) is 16.8. The second kappa shape index (κ2) is 9.34. The zero-order chi connectivity index (χ0) is 19.9. The number of nitrogens with zero attached hydrogens (tertiary/aromatic N) is 5. The number of fused-ring (bicyclic) bond motifs is 1. The number of nitrogens with one attached hydrogen (secondary N) is 1. The molecule has 0 aliphatic heterocycles. The molecule has 8 nitrogen and oxygen atoms in total. The summed E-state index contributed by atoms with van der Waals surface area (Å²) in [5.74, 6) is 2.52. The molecule has 0 unspecified atom stereocenters. The van der Waals surface area contributed by atoms with Crippen molar-refractivity contribution in [2.24, 2.45) is 0 Å². The highest BCUT2D eigenvalue weighted by atomic mass is 16.3. The van der Waals surface area contributed by atoms with Crippen LogP contribution in [0.15, 0.2) is 34.9 Å². The molecule has 1 N–H and O–H groups in total. The summed E-state index contributed by atoms with van der Waals surface area (Å²) in [6.07, 6.45) is 4.15. The summed E-state index contributed by atoms with van der Waals surface area (Å²) in [7, 11) is 0. The maximum atomic E-state index is 12.3. The summed E-state index contributed by atoms with van der Waals surface area (Å²) >= 11 is 0. The Hall–Kier alpha value is -2.90. The molecule has 0 spiro atoms. The summed E-state index contributed by atoms with van der Waals surface area (Å²) < 4.78 is 7.07. The predicted octanol–water partition coefficient (Wildman–Crippen LogP) is 2.63. The third kappa shape index (κ3) is 4.88. The van der Waals surface area contributed by atoms with Gasteiger partial charge in [-0.2, -0.15) is 4.52 Å². The average molecular weight is 384 g/mol. The number of anilines is 1. The topological polar surface area (TPSA) is 88.6 Å². The van der Waals surface area contributed by atoms with Crippen molar-refractivity contribution >= 4 is 17.4 Å². The molecule has 3 heterocycles. The molecule has 0 saturated heterocycles. The number of amides is 1. The van der Waals surface area contributed by atoms with E-state index < -0.39 is 0 Å². The van der Waals surface area contributed by atoms with Crippen LogP contribution in [0.1, 0.15) is 45.2 Å². The summed E-state index contributed by atoms with van der Waals surface area (Å²) in [5, 5.41) is 16.0. The van der Waals surface area contributed by atoms with Gasteiger partial charge in [-0.25, -0.2) is 0 Å². The van der Waals surface area contributed by atoms with E-state index in [1.54, 1.807) is 10.8 Å². The highest BCUT2D eigenvalue weighted by Crippen LogP contribution is 2.13. The maximum Gasteiger partial charge on any atom is 0.220 e. The molecule has 3 aromatic rings. The Balaban J connectivity index is 1.55. The van der Waals surface area contributed by atoms with E-state index in [0.29, 0.717) is 24.3 Å². The predicted molar refractivity (Wildman–Crippen MR) is 107 cm³/mol. The van der Waals surface area contributed by atoms with Crippen LogP contribution in [0.3, 0.4) is 0 Å². The van der Waals surface area contributed by atoms with Gasteiger partial charge in [-0.1, -0.05) is 0 Å². The van der Waals surface area contributed by atoms with Crippen molar-refractivity contribution in [3.8, 4) is 0 Å². The van der Waals surface area contributed by atoms with E-state index in [1.165, 1.54) is 0 Å². The van der Waals surface area contributed by atoms with Crippen molar-refractivity contribution < 1.29 is 9.21 Å². The molecule has 0 aliphatic carbocycles. The molecule has 3 rings (SSSR count). The summed E-state index contributed by atoms with van der Waals surface area (Å²) in [4.78, 5) is 14.5. The molecule has 0 aromatic carbocycles. The molecule has 8 heteroatoms. The minimum absolute atomic E-state index is 0.00333. The third-order valence-electron chi connectivity index (χ3n) is 4.79. The molecular formula is C20H28N6O2. The molecule has 0 radical (unpaired) electrons. The van der Waals surface area contributed by atoms with E-state index in [4.69, 9.17) is 4.42 Å². The van der Waals surface area contributed by atoms with Gasteiger partial charge >= 0.3 is 0 Å². The van der Waals surface area contributed by atoms with Crippen LogP contribution in [0.5, 0.6) is 0 Å². The lowest BCUT2D eigenvalue weighted by Gasteiger charge is -2.19. The van der Waals surface area contributed by atoms with E-state index in [9.17, 15) is 4.79 Å². The SMILES string of the molecule is CCN(CC)c1ccc2nnc(CCC(=O)N[C@@H](C)CCc3ccco3)n2n1. The minimum atomic E-state index is 0.00333. The zero-order valence-electron chi connectivity index (χ0n) is 16.8. The van der Waals surface area contributed by atoms with Gasteiger partial charge in [0.1, 0.15) is 11.6 Å². The lowest BCUT2D eigenvalue weighted by atomic mass is 10.1. The van der Waals surface area contributed by atoms with Gasteiger partial charge in [-0.15, -0.1) is 15.3 Å². The number of hydrogen-bond donors (Lipinski definition) is 1. The van der Waals surface area contributed by atoms with Gasteiger partial charge in [0.15, 0.2) is 11.5 Å². The Labute approximate surface area is 164 Å². The van der Waals surface area contributed by atoms with Crippen LogP contribution in [-0.2, 0) is 17.6 Å². The van der Waals surface area contributed by atoms with E-state index in [-0.39, 0.29) is 11.9 Å². The first-order valence-electron chi connectivity index (χ1n) is 9.88. The number of aryl methyl sites for hydroxylation is 2. The molecule has 150 valence electrons. The Morgan fingerprint density at radius 3 is 2.75 bits per heavy atom. The summed E-state index contributed by atoms with van der Waals surface area (Å²) in [6, 6.07) is 7.77. The minimum Gasteiger partial charge on any atom is -0.469 e. The van der Waals surface area contributed by atoms with E-state index in [1.807, 2.05) is 31.2 Å². The fourth-order valence-corrected chi connectivity index (χ4v) is 3.15. The fraction of sp³-hybridized carbons (Fsp3) is 0.500. The van der Waals surface area contributed by atoms with Gasteiger partial charge < -0.3 is 14.6 Å². The van der Waals surface area contributed by atoms with Crippen molar-refractivity contribution in [2.75, 3.05) is 18.0 Å². The van der Waals surface area contributed by atoms with Crippen molar-refractivity contribution in [2.45, 2.75) is 52.5 Å². The molecule has 0 bridgehead atoms. The third-order valence-corrected chi connectivity index (χ3v) is 4.79. The standard InChI is InChI=1S/C20H28N6O2/c1-4-25(5-2)19-11-10-17-22-23-18(26(17)24-19)12-13-20(27)21-15(3)8-9-16-7-6-14-28-16/h6-7,10-11,14-15H,4-5,8-9,12-13H2,1-3H3,(H,21,27)/t15-/m0/s1. The first kappa shape index (κ1) is 19.9. The van der Waals surface area contributed by atoms with Gasteiger partial charge in [0, 0.05) is 38.4 Å². The van der Waals surface area contributed by atoms with Gasteiger partial charge in [-0.3, -0.25) is 4.79 Å². The number of aromatic nitrogens is 4. The van der Waals surface area contributed by atoms with E-state index >= 15 is 0 Å². The van der Waals surface area contributed by atoms with Crippen LogP contribution in [0.25, 0.3) is 5.65 Å². The Morgan fingerprint density at radius 1 is 1.21 bits per heavy atom. The number of carbonyl (C=O) groups excluding carboxylic acids is 1. The highest BCUT2D eigenvalue weighted by molar-refractivity contribution is 5.76. The normalized spacial score (nSPS) is 12.2. The van der Waals surface area contributed by atoms with Crippen LogP contribution in [0, 0.1) is 0 Å². The fourth-order valence-electron chi connectivity index (χ4n) is 3.15. The number of furan rings is 1. The second-order valence-corrected chi connectivity index (χ2v) is 6.84. The average Bonchev–Trinajstić information content (AvgIpc) is 3.35. The van der Waals surface area contributed by atoms with Gasteiger partial charge in [0.2, 0.25) is 5.91 Å². The molecule has 0 fully saturated rings. The van der Waals surface area contributed by atoms with Crippen molar-refractivity contribution in [3.05, 3.63) is 42.1 Å². The van der Waals surface area contributed by atoms with Crippen LogP contribution in [0.2, 0.25) is 0 Å². The highest BCUT2D eigenvalue weighted by Gasteiger charge is 2.13. The molecule has 1 atom stereocenters. The van der Waals surface area contributed by atoms with Gasteiger partial charge in [0.25, 0.3) is 0 Å². The van der Waals surface area contributed by atoms with Crippen LogP contribution in [-0.4, -0.2) is 44.8 Å². The summed E-state index contributed by atoms with van der Waals surface area (Å²) in [6.45, 7) is 7.96. The molecule has 1 amide bonds. The van der Waals surface area contributed by atoms with Crippen molar-refractivity contribution in [1.82, 2.24) is 25.1 Å². The molecule has 0 aliphatic rings. The molecule has 3 aromatic heterocycles. The lowest BCUT2D eigenvalue weighted by Crippen LogP contribution is -2.33. The molecule has 0 saturated carbocycles. The number of carbonyl (C=O) groups is 1. The largest absolute Gasteiger partial charge is 0.469 e. The summed E-state index contributed by atoms with van der Waals surface area (Å²) in [5.41, 5.74) is 0.693. The Kier molecular flexibility index (Phi) is 6.62. The monoisotopic (exact) mass is 384 g/mol. The quantitative estimate of drug-likeness (QED) is 0.578. The second-order valence-electron chi connectivity index (χ2n) is 6.84. The van der Waals surface area contributed by atoms with Crippen LogP contribution >= 0.6 is 0 Å². The Bertz CT molecular complexity index is 885. The van der Waals surface area contributed by atoms with Crippen molar-refractivity contribution in [3.63, 3.8) is 0 Å². The first-order chi connectivity index (χ1) is 13.6. The van der Waals surface area contributed by atoms with E-state index in [0.717, 1.165) is 37.5 Å². The van der Waals surface area contributed by atoms with Crippen molar-refractivity contribution in [1.29, 1.82) is 0 Å². The number of rotatable bonds is 10. The van der Waals surface area contributed by atoms with E-state index in [2.05, 4.69) is 39.4 Å². The van der Waals surface area contributed by atoms with Gasteiger partial charge in [-0.05, 0) is 51.5 Å². The lowest BCUT2D eigenvalue weighted by molar-refractivity contribution is -0.121. The van der Waals surface area contributed by atoms with Crippen LogP contribution in [0.4, 0.5) is 5.82 Å². The number of hydrogen-bond acceptors (Lipinski definition) is 6. The van der Waals surface area contributed by atoms with Crippen LogP contribution < -0.4 is 10.2 Å². The van der Waals surface area contributed by atoms with Gasteiger partial charge in [0.05, 0.1) is 6.26 Å².